The van der Waals surface area contributed by atoms with E-state index < -0.39 is 0 Å². The smallest absolute Gasteiger partial charge is 0.191 e. The fourth-order valence-electron chi connectivity index (χ4n) is 2.54. The summed E-state index contributed by atoms with van der Waals surface area (Å²) in [6.07, 6.45) is 3.81. The molecule has 1 heterocycles. The van der Waals surface area contributed by atoms with Gasteiger partial charge in [-0.3, -0.25) is 9.89 Å². The number of hydrogen-bond acceptors (Lipinski definition) is 2. The number of guanidine groups is 1. The number of likely N-dealkylation sites (N-methyl/N-ethyl adjacent to an activating group) is 1. The molecule has 0 spiro atoms. The van der Waals surface area contributed by atoms with Gasteiger partial charge < -0.3 is 10.6 Å². The molecule has 120 valence electrons. The van der Waals surface area contributed by atoms with E-state index in [0.717, 1.165) is 38.1 Å². The molecule has 1 aliphatic heterocycles. The lowest BCUT2D eigenvalue weighted by molar-refractivity contribution is 0.273. The fraction of sp³-hybridized carbons (Fsp3) is 0.933. The quantitative estimate of drug-likeness (QED) is 0.395. The molecule has 1 fully saturated rings. The van der Waals surface area contributed by atoms with Gasteiger partial charge in [0.25, 0.3) is 0 Å². The molecule has 0 aliphatic carbocycles. The van der Waals surface area contributed by atoms with Crippen LogP contribution in [0.2, 0.25) is 0 Å². The lowest BCUT2D eigenvalue weighted by Gasteiger charge is -2.21. The summed E-state index contributed by atoms with van der Waals surface area (Å²) in [6.45, 7) is 14.1. The van der Waals surface area contributed by atoms with E-state index in [9.17, 15) is 0 Å². The Hall–Kier alpha value is -0.0400. The SMILES string of the molecule is CCNC(=NCC1CCCN1CC)NCCC(C)C.I. The first-order chi connectivity index (χ1) is 9.17. The second-order valence-corrected chi connectivity index (χ2v) is 5.75. The van der Waals surface area contributed by atoms with E-state index in [-0.39, 0.29) is 24.0 Å². The third kappa shape index (κ3) is 7.67. The molecule has 0 aromatic carbocycles. The highest BCUT2D eigenvalue weighted by Gasteiger charge is 2.22. The Morgan fingerprint density at radius 3 is 2.65 bits per heavy atom. The van der Waals surface area contributed by atoms with E-state index in [0.29, 0.717) is 6.04 Å². The maximum absolute atomic E-state index is 4.74. The number of nitrogens with one attached hydrogen (secondary N) is 2. The van der Waals surface area contributed by atoms with Gasteiger partial charge in [0.1, 0.15) is 0 Å². The normalized spacial score (nSPS) is 20.1. The first-order valence-corrected chi connectivity index (χ1v) is 7.93. The topological polar surface area (TPSA) is 39.7 Å². The van der Waals surface area contributed by atoms with E-state index in [2.05, 4.69) is 43.2 Å². The highest BCUT2D eigenvalue weighted by atomic mass is 127. The molecule has 5 heteroatoms. The Morgan fingerprint density at radius 2 is 2.05 bits per heavy atom. The van der Waals surface area contributed by atoms with E-state index in [1.165, 1.54) is 25.8 Å². The monoisotopic (exact) mass is 396 g/mol. The molecule has 20 heavy (non-hydrogen) atoms. The summed E-state index contributed by atoms with van der Waals surface area (Å²) in [6, 6.07) is 0.644. The summed E-state index contributed by atoms with van der Waals surface area (Å²) in [5.74, 6) is 1.71. The average Bonchev–Trinajstić information content (AvgIpc) is 2.82. The van der Waals surface area contributed by atoms with Crippen LogP contribution in [0.25, 0.3) is 0 Å². The van der Waals surface area contributed by atoms with Gasteiger partial charge in [-0.05, 0) is 45.2 Å². The molecule has 1 aliphatic rings. The highest BCUT2D eigenvalue weighted by Crippen LogP contribution is 2.16. The number of aliphatic imine (C=N–C) groups is 1. The lowest BCUT2D eigenvalue weighted by Crippen LogP contribution is -2.39. The lowest BCUT2D eigenvalue weighted by atomic mass is 10.1. The van der Waals surface area contributed by atoms with Crippen LogP contribution in [-0.4, -0.2) is 49.6 Å². The van der Waals surface area contributed by atoms with Gasteiger partial charge in [0.05, 0.1) is 6.54 Å². The van der Waals surface area contributed by atoms with E-state index >= 15 is 0 Å². The summed E-state index contributed by atoms with van der Waals surface area (Å²) < 4.78 is 0. The van der Waals surface area contributed by atoms with Gasteiger partial charge in [-0.15, -0.1) is 24.0 Å². The van der Waals surface area contributed by atoms with Gasteiger partial charge in [-0.1, -0.05) is 20.8 Å². The van der Waals surface area contributed by atoms with Gasteiger partial charge in [0.15, 0.2) is 5.96 Å². The van der Waals surface area contributed by atoms with E-state index in [4.69, 9.17) is 4.99 Å². The number of likely N-dealkylation sites (tertiary alicyclic amines) is 1. The zero-order valence-electron chi connectivity index (χ0n) is 13.6. The standard InChI is InChI=1S/C15H32N4.HI/c1-5-16-15(17-10-9-13(3)4)18-12-14-8-7-11-19(14)6-2;/h13-14H,5-12H2,1-4H3,(H2,16,17,18);1H. The maximum atomic E-state index is 4.74. The van der Waals surface area contributed by atoms with E-state index in [1.54, 1.807) is 0 Å². The van der Waals surface area contributed by atoms with Crippen molar-refractivity contribution in [2.24, 2.45) is 10.9 Å². The molecule has 1 rings (SSSR count). The molecule has 0 bridgehead atoms. The molecular formula is C15H33IN4. The molecule has 1 unspecified atom stereocenters. The maximum Gasteiger partial charge on any atom is 0.191 e. The summed E-state index contributed by atoms with van der Waals surface area (Å²) in [5, 5.41) is 6.76. The fourth-order valence-corrected chi connectivity index (χ4v) is 2.54. The average molecular weight is 396 g/mol. The Kier molecular flexibility index (Phi) is 11.6. The van der Waals surface area contributed by atoms with Gasteiger partial charge >= 0.3 is 0 Å². The predicted molar refractivity (Wildman–Crippen MR) is 99.1 cm³/mol. The molecule has 0 saturated carbocycles. The molecule has 0 aromatic rings. The second kappa shape index (κ2) is 11.6. The van der Waals surface area contributed by atoms with Crippen LogP contribution in [0.1, 0.15) is 47.0 Å². The summed E-state index contributed by atoms with van der Waals surface area (Å²) in [5.41, 5.74) is 0. The van der Waals surface area contributed by atoms with Crippen molar-refractivity contribution in [2.75, 3.05) is 32.7 Å². The van der Waals surface area contributed by atoms with Gasteiger partial charge in [0.2, 0.25) is 0 Å². The first kappa shape index (κ1) is 20.0. The first-order valence-electron chi connectivity index (χ1n) is 7.93. The van der Waals surface area contributed by atoms with Crippen molar-refractivity contribution >= 4 is 29.9 Å². The third-order valence-electron chi connectivity index (χ3n) is 3.72. The number of rotatable bonds is 7. The molecule has 4 nitrogen and oxygen atoms in total. The van der Waals surface area contributed by atoms with Gasteiger partial charge in [-0.2, -0.15) is 0 Å². The van der Waals surface area contributed by atoms with Crippen LogP contribution in [0, 0.1) is 5.92 Å². The molecule has 0 amide bonds. The Morgan fingerprint density at radius 1 is 1.30 bits per heavy atom. The Bertz CT molecular complexity index is 269. The highest BCUT2D eigenvalue weighted by molar-refractivity contribution is 14.0. The zero-order valence-corrected chi connectivity index (χ0v) is 15.9. The summed E-state index contributed by atoms with van der Waals surface area (Å²) in [4.78, 5) is 7.29. The van der Waals surface area contributed by atoms with Crippen molar-refractivity contribution in [1.82, 2.24) is 15.5 Å². The Labute approximate surface area is 142 Å². The number of halogens is 1. The number of hydrogen-bond donors (Lipinski definition) is 2. The van der Waals surface area contributed by atoms with Crippen molar-refractivity contribution in [3.63, 3.8) is 0 Å². The minimum atomic E-state index is 0. The van der Waals surface area contributed by atoms with Crippen molar-refractivity contribution in [1.29, 1.82) is 0 Å². The van der Waals surface area contributed by atoms with Gasteiger partial charge in [-0.25, -0.2) is 0 Å². The van der Waals surface area contributed by atoms with Crippen LogP contribution in [-0.2, 0) is 0 Å². The van der Waals surface area contributed by atoms with Crippen LogP contribution in [0.15, 0.2) is 4.99 Å². The van der Waals surface area contributed by atoms with Crippen LogP contribution >= 0.6 is 24.0 Å². The van der Waals surface area contributed by atoms with Crippen molar-refractivity contribution < 1.29 is 0 Å². The van der Waals surface area contributed by atoms with Crippen molar-refractivity contribution in [3.8, 4) is 0 Å². The van der Waals surface area contributed by atoms with E-state index in [1.807, 2.05) is 0 Å². The minimum absolute atomic E-state index is 0. The number of nitrogens with zero attached hydrogens (tertiary/aromatic N) is 2. The largest absolute Gasteiger partial charge is 0.357 e. The molecule has 1 atom stereocenters. The summed E-state index contributed by atoms with van der Waals surface area (Å²) >= 11 is 0. The second-order valence-electron chi connectivity index (χ2n) is 5.75. The van der Waals surface area contributed by atoms with Crippen LogP contribution < -0.4 is 10.6 Å². The molecule has 0 radical (unpaired) electrons. The minimum Gasteiger partial charge on any atom is -0.357 e. The third-order valence-corrected chi connectivity index (χ3v) is 3.72. The van der Waals surface area contributed by atoms with Gasteiger partial charge in [0, 0.05) is 19.1 Å². The van der Waals surface area contributed by atoms with Crippen LogP contribution in [0.5, 0.6) is 0 Å². The molecule has 2 N–H and O–H groups in total. The molecule has 1 saturated heterocycles. The zero-order chi connectivity index (χ0) is 14.1. The van der Waals surface area contributed by atoms with Crippen LogP contribution in [0.3, 0.4) is 0 Å². The van der Waals surface area contributed by atoms with Crippen molar-refractivity contribution in [3.05, 3.63) is 0 Å². The predicted octanol–water partition coefficient (Wildman–Crippen LogP) is 2.69. The van der Waals surface area contributed by atoms with Crippen molar-refractivity contribution in [2.45, 2.75) is 53.0 Å². The molecular weight excluding hydrogens is 363 g/mol. The molecule has 0 aromatic heterocycles. The Balaban J connectivity index is 0.00000361. The summed E-state index contributed by atoms with van der Waals surface area (Å²) in [7, 11) is 0. The van der Waals surface area contributed by atoms with Crippen LogP contribution in [0.4, 0.5) is 0 Å².